The molecule has 1 unspecified atom stereocenters. The largest absolute Gasteiger partial charge is 0.479 e. The fourth-order valence-electron chi connectivity index (χ4n) is 2.11. The SMILES string of the molecule is O=C(O)C12CC(=N1)c1ccccc12. The Hall–Kier alpha value is -1.64. The fourth-order valence-corrected chi connectivity index (χ4v) is 2.11. The van der Waals surface area contributed by atoms with Crippen LogP contribution in [0.3, 0.4) is 0 Å². The Morgan fingerprint density at radius 3 is 2.85 bits per heavy atom. The number of carboxylic acid groups (broad SMARTS) is 1. The topological polar surface area (TPSA) is 49.7 Å². The highest BCUT2D eigenvalue weighted by Gasteiger charge is 2.55. The first-order valence-electron chi connectivity index (χ1n) is 4.16. The molecular weight excluding hydrogens is 166 g/mol. The van der Waals surface area contributed by atoms with Crippen LogP contribution in [0.15, 0.2) is 29.3 Å². The molecule has 0 radical (unpaired) electrons. The lowest BCUT2D eigenvalue weighted by molar-refractivity contribution is -0.143. The number of aliphatic carboxylic acids is 1. The number of rotatable bonds is 1. The van der Waals surface area contributed by atoms with Crippen LogP contribution in [0.25, 0.3) is 0 Å². The van der Waals surface area contributed by atoms with Crippen molar-refractivity contribution in [2.45, 2.75) is 12.0 Å². The minimum Gasteiger partial charge on any atom is -0.479 e. The van der Waals surface area contributed by atoms with Crippen LogP contribution in [0.4, 0.5) is 0 Å². The molecule has 1 atom stereocenters. The van der Waals surface area contributed by atoms with Gasteiger partial charge in [-0.3, -0.25) is 4.99 Å². The molecule has 3 aliphatic rings. The van der Waals surface area contributed by atoms with Crippen molar-refractivity contribution in [1.82, 2.24) is 0 Å². The normalized spacial score (nSPS) is 27.5. The average Bonchev–Trinajstić information content (AvgIpc) is 2.51. The van der Waals surface area contributed by atoms with Gasteiger partial charge in [-0.1, -0.05) is 24.3 Å². The minimum atomic E-state index is -0.925. The van der Waals surface area contributed by atoms with Crippen LogP contribution in [0.2, 0.25) is 0 Å². The van der Waals surface area contributed by atoms with Crippen LogP contribution in [0, 0.1) is 0 Å². The zero-order chi connectivity index (χ0) is 9.05. The van der Waals surface area contributed by atoms with Crippen molar-refractivity contribution in [2.24, 2.45) is 4.99 Å². The molecule has 1 aliphatic carbocycles. The Labute approximate surface area is 74.7 Å². The maximum absolute atomic E-state index is 11.0. The van der Waals surface area contributed by atoms with E-state index >= 15 is 0 Å². The molecule has 2 aliphatic heterocycles. The number of carboxylic acids is 1. The van der Waals surface area contributed by atoms with Gasteiger partial charge in [0.25, 0.3) is 0 Å². The highest BCUT2D eigenvalue weighted by Crippen LogP contribution is 2.48. The number of hydrogen-bond donors (Lipinski definition) is 1. The first-order valence-corrected chi connectivity index (χ1v) is 4.16. The summed E-state index contributed by atoms with van der Waals surface area (Å²) in [5, 5.41) is 9.05. The lowest BCUT2D eigenvalue weighted by atomic mass is 9.90. The minimum absolute atomic E-state index is 0.571. The molecule has 3 nitrogen and oxygen atoms in total. The van der Waals surface area contributed by atoms with E-state index in [0.29, 0.717) is 6.42 Å². The highest BCUT2D eigenvalue weighted by molar-refractivity contribution is 6.17. The molecule has 13 heavy (non-hydrogen) atoms. The number of hydrogen-bond acceptors (Lipinski definition) is 2. The van der Waals surface area contributed by atoms with E-state index < -0.39 is 11.5 Å². The van der Waals surface area contributed by atoms with Gasteiger partial charge in [-0.25, -0.2) is 4.79 Å². The molecule has 3 heteroatoms. The molecule has 0 saturated heterocycles. The predicted octanol–water partition coefficient (Wildman–Crippen LogP) is 1.17. The third-order valence-corrected chi connectivity index (χ3v) is 2.79. The van der Waals surface area contributed by atoms with Crippen LogP contribution in [-0.2, 0) is 10.3 Å². The summed E-state index contributed by atoms with van der Waals surface area (Å²) < 4.78 is 0. The van der Waals surface area contributed by atoms with Crippen LogP contribution in [0.1, 0.15) is 17.5 Å². The molecule has 2 heterocycles. The van der Waals surface area contributed by atoms with E-state index in [0.717, 1.165) is 16.8 Å². The van der Waals surface area contributed by atoms with Crippen molar-refractivity contribution in [3.05, 3.63) is 35.4 Å². The van der Waals surface area contributed by atoms with Crippen molar-refractivity contribution in [2.75, 3.05) is 0 Å². The first kappa shape index (κ1) is 6.83. The molecule has 1 aromatic carbocycles. The summed E-state index contributed by atoms with van der Waals surface area (Å²) in [5.41, 5.74) is 1.90. The summed E-state index contributed by atoms with van der Waals surface area (Å²) in [6, 6.07) is 7.57. The Balaban J connectivity index is 2.28. The van der Waals surface area contributed by atoms with Gasteiger partial charge < -0.3 is 5.11 Å². The van der Waals surface area contributed by atoms with Crippen molar-refractivity contribution < 1.29 is 9.90 Å². The van der Waals surface area contributed by atoms with Gasteiger partial charge in [0, 0.05) is 23.3 Å². The van der Waals surface area contributed by atoms with E-state index in [9.17, 15) is 4.79 Å². The van der Waals surface area contributed by atoms with Crippen LogP contribution in [0.5, 0.6) is 0 Å². The Kier molecular flexibility index (Phi) is 0.954. The van der Waals surface area contributed by atoms with E-state index in [2.05, 4.69) is 4.99 Å². The Bertz CT molecular complexity index is 450. The molecular formula is C10H7NO2. The van der Waals surface area contributed by atoms with Gasteiger partial charge in [-0.05, 0) is 0 Å². The number of carbonyl (C=O) groups is 1. The van der Waals surface area contributed by atoms with E-state index in [-0.39, 0.29) is 0 Å². The third kappa shape index (κ3) is 0.579. The second-order valence-corrected chi connectivity index (χ2v) is 3.45. The summed E-state index contributed by atoms with van der Waals surface area (Å²) >= 11 is 0. The fraction of sp³-hybridized carbons (Fsp3) is 0.200. The molecule has 1 N–H and O–H groups in total. The molecule has 0 amide bonds. The molecule has 0 saturated carbocycles. The van der Waals surface area contributed by atoms with E-state index in [1.54, 1.807) is 0 Å². The van der Waals surface area contributed by atoms with Crippen molar-refractivity contribution in [3.8, 4) is 0 Å². The first-order chi connectivity index (χ1) is 6.24. The van der Waals surface area contributed by atoms with Crippen LogP contribution < -0.4 is 0 Å². The average molecular weight is 173 g/mol. The molecule has 0 spiro atoms. The van der Waals surface area contributed by atoms with E-state index in [4.69, 9.17) is 5.11 Å². The zero-order valence-electron chi connectivity index (χ0n) is 6.82. The monoisotopic (exact) mass is 173 g/mol. The summed E-state index contributed by atoms with van der Waals surface area (Å²) in [5.74, 6) is -0.832. The van der Waals surface area contributed by atoms with Gasteiger partial charge in [0.15, 0.2) is 5.54 Å². The standard InChI is InChI=1S/C10H7NO2/c12-9(13)10-5-8(11-10)6-3-1-2-4-7(6)10/h1-4H,5H2,(H,12,13). The smallest absolute Gasteiger partial charge is 0.336 e. The van der Waals surface area contributed by atoms with Crippen LogP contribution >= 0.6 is 0 Å². The lowest BCUT2D eigenvalue weighted by Gasteiger charge is -2.25. The summed E-state index contributed by atoms with van der Waals surface area (Å²) in [4.78, 5) is 15.2. The Morgan fingerprint density at radius 1 is 1.46 bits per heavy atom. The second kappa shape index (κ2) is 1.82. The van der Waals surface area contributed by atoms with E-state index in [1.807, 2.05) is 24.3 Å². The summed E-state index contributed by atoms with van der Waals surface area (Å²) in [7, 11) is 0. The summed E-state index contributed by atoms with van der Waals surface area (Å²) in [6.45, 7) is 0. The van der Waals surface area contributed by atoms with Gasteiger partial charge in [-0.15, -0.1) is 0 Å². The van der Waals surface area contributed by atoms with Crippen molar-refractivity contribution in [3.63, 3.8) is 0 Å². The summed E-state index contributed by atoms with van der Waals surface area (Å²) in [6.07, 6.45) is 0.571. The van der Waals surface area contributed by atoms with Crippen molar-refractivity contribution >= 4 is 11.7 Å². The molecule has 64 valence electrons. The number of aliphatic imine (C=N–C) groups is 1. The van der Waals surface area contributed by atoms with E-state index in [1.165, 1.54) is 0 Å². The molecule has 1 aromatic rings. The maximum atomic E-state index is 11.0. The van der Waals surface area contributed by atoms with Gasteiger partial charge in [0.2, 0.25) is 0 Å². The lowest BCUT2D eigenvalue weighted by Crippen LogP contribution is -2.37. The number of nitrogens with zero attached hydrogens (tertiary/aromatic N) is 1. The van der Waals surface area contributed by atoms with Gasteiger partial charge in [0.1, 0.15) is 0 Å². The number of benzene rings is 1. The van der Waals surface area contributed by atoms with Gasteiger partial charge in [-0.2, -0.15) is 0 Å². The molecule has 4 rings (SSSR count). The second-order valence-electron chi connectivity index (χ2n) is 3.45. The van der Waals surface area contributed by atoms with Crippen LogP contribution in [-0.4, -0.2) is 16.8 Å². The molecule has 2 bridgehead atoms. The van der Waals surface area contributed by atoms with Gasteiger partial charge in [0.05, 0.1) is 0 Å². The van der Waals surface area contributed by atoms with Gasteiger partial charge >= 0.3 is 5.97 Å². The maximum Gasteiger partial charge on any atom is 0.336 e. The third-order valence-electron chi connectivity index (χ3n) is 2.79. The van der Waals surface area contributed by atoms with Crippen molar-refractivity contribution in [1.29, 1.82) is 0 Å². The zero-order valence-corrected chi connectivity index (χ0v) is 6.82. The molecule has 0 fully saturated rings. The predicted molar refractivity (Wildman–Crippen MR) is 46.9 cm³/mol. The molecule has 0 aromatic heterocycles. The Morgan fingerprint density at radius 2 is 2.15 bits per heavy atom. The quantitative estimate of drug-likeness (QED) is 0.693. The highest BCUT2D eigenvalue weighted by atomic mass is 16.4.